The van der Waals surface area contributed by atoms with Gasteiger partial charge in [0.1, 0.15) is 0 Å². The summed E-state index contributed by atoms with van der Waals surface area (Å²) in [5.74, 6) is 0. The molecule has 1 heterocycles. The monoisotopic (exact) mass is 250 g/mol. The molecule has 1 aliphatic rings. The van der Waals surface area contributed by atoms with Crippen molar-refractivity contribution in [3.05, 3.63) is 30.3 Å². The largest absolute Gasteiger partial charge is 0.315 e. The Morgan fingerprint density at radius 3 is 2.82 bits per heavy atom. The summed E-state index contributed by atoms with van der Waals surface area (Å²) in [7, 11) is 0. The van der Waals surface area contributed by atoms with Gasteiger partial charge in [-0.2, -0.15) is 0 Å². The number of anilines is 1. The minimum atomic E-state index is 0.844. The van der Waals surface area contributed by atoms with Crippen molar-refractivity contribution < 1.29 is 4.90 Å². The Morgan fingerprint density at radius 2 is 2.12 bits per heavy atom. The Labute approximate surface area is 108 Å². The first-order valence-electron chi connectivity index (χ1n) is 6.25. The highest BCUT2D eigenvalue weighted by atomic mass is 32.1. The van der Waals surface area contributed by atoms with Gasteiger partial charge in [-0.05, 0) is 30.8 Å². The van der Waals surface area contributed by atoms with Crippen LogP contribution in [0, 0.1) is 0 Å². The third-order valence-corrected chi connectivity index (χ3v) is 3.43. The SMILES string of the molecule is CCCC[NH+]1CNC(=S)N(c2ccccc2)C1. The van der Waals surface area contributed by atoms with E-state index in [9.17, 15) is 0 Å². The lowest BCUT2D eigenvalue weighted by Gasteiger charge is -2.35. The molecule has 1 saturated heterocycles. The molecule has 92 valence electrons. The molecule has 17 heavy (non-hydrogen) atoms. The predicted molar refractivity (Wildman–Crippen MR) is 75.1 cm³/mol. The molecule has 0 radical (unpaired) electrons. The van der Waals surface area contributed by atoms with Crippen molar-refractivity contribution in [3.8, 4) is 0 Å². The van der Waals surface area contributed by atoms with Gasteiger partial charge in [0.15, 0.2) is 18.4 Å². The fraction of sp³-hybridized carbons (Fsp3) is 0.462. The molecule has 2 rings (SSSR count). The maximum absolute atomic E-state index is 5.38. The number of benzene rings is 1. The van der Waals surface area contributed by atoms with Crippen LogP contribution in [0.25, 0.3) is 0 Å². The third kappa shape index (κ3) is 3.17. The van der Waals surface area contributed by atoms with E-state index in [0.29, 0.717) is 0 Å². The van der Waals surface area contributed by atoms with Crippen molar-refractivity contribution in [1.82, 2.24) is 5.32 Å². The molecule has 3 nitrogen and oxygen atoms in total. The van der Waals surface area contributed by atoms with Gasteiger partial charge in [0.2, 0.25) is 0 Å². The van der Waals surface area contributed by atoms with Gasteiger partial charge < -0.3 is 10.2 Å². The summed E-state index contributed by atoms with van der Waals surface area (Å²) in [6, 6.07) is 10.4. The Kier molecular flexibility index (Phi) is 4.34. The van der Waals surface area contributed by atoms with Gasteiger partial charge >= 0.3 is 0 Å². The summed E-state index contributed by atoms with van der Waals surface area (Å²) in [4.78, 5) is 3.73. The molecule has 0 spiro atoms. The predicted octanol–water partition coefficient (Wildman–Crippen LogP) is 0.981. The second-order valence-electron chi connectivity index (χ2n) is 4.43. The number of unbranched alkanes of at least 4 members (excludes halogenated alkanes) is 1. The van der Waals surface area contributed by atoms with Crippen molar-refractivity contribution >= 4 is 23.0 Å². The van der Waals surface area contributed by atoms with E-state index in [0.717, 1.165) is 18.4 Å². The molecule has 0 amide bonds. The molecule has 1 atom stereocenters. The number of nitrogens with zero attached hydrogens (tertiary/aromatic N) is 1. The molecule has 0 bridgehead atoms. The van der Waals surface area contributed by atoms with E-state index in [1.54, 1.807) is 4.90 Å². The lowest BCUT2D eigenvalue weighted by Crippen LogP contribution is -3.17. The van der Waals surface area contributed by atoms with Gasteiger partial charge in [0.05, 0.1) is 6.54 Å². The summed E-state index contributed by atoms with van der Waals surface area (Å²) in [6.07, 6.45) is 2.52. The van der Waals surface area contributed by atoms with Crippen molar-refractivity contribution in [2.24, 2.45) is 0 Å². The highest BCUT2D eigenvalue weighted by Gasteiger charge is 2.23. The summed E-state index contributed by atoms with van der Waals surface area (Å²) < 4.78 is 0. The van der Waals surface area contributed by atoms with E-state index in [-0.39, 0.29) is 0 Å². The van der Waals surface area contributed by atoms with Crippen LogP contribution in [0.4, 0.5) is 5.69 Å². The molecule has 0 aliphatic carbocycles. The maximum atomic E-state index is 5.38. The zero-order chi connectivity index (χ0) is 12.1. The average molecular weight is 250 g/mol. The first kappa shape index (κ1) is 12.3. The van der Waals surface area contributed by atoms with Crippen LogP contribution in [0.2, 0.25) is 0 Å². The minimum Gasteiger partial charge on any atom is -0.315 e. The fourth-order valence-electron chi connectivity index (χ4n) is 2.06. The van der Waals surface area contributed by atoms with Crippen LogP contribution in [0.3, 0.4) is 0 Å². The minimum absolute atomic E-state index is 0.844. The highest BCUT2D eigenvalue weighted by molar-refractivity contribution is 7.80. The Hall–Kier alpha value is -1.13. The van der Waals surface area contributed by atoms with Gasteiger partial charge in [-0.15, -0.1) is 0 Å². The van der Waals surface area contributed by atoms with Gasteiger partial charge in [-0.3, -0.25) is 4.90 Å². The van der Waals surface area contributed by atoms with E-state index in [4.69, 9.17) is 12.2 Å². The molecule has 1 fully saturated rings. The maximum Gasteiger partial charge on any atom is 0.182 e. The molecule has 1 aliphatic heterocycles. The first-order valence-corrected chi connectivity index (χ1v) is 6.66. The molecular weight excluding hydrogens is 230 g/mol. The summed E-state index contributed by atoms with van der Waals surface area (Å²) in [6.45, 7) is 5.35. The second-order valence-corrected chi connectivity index (χ2v) is 4.82. The summed E-state index contributed by atoms with van der Waals surface area (Å²) in [5.41, 5.74) is 1.18. The number of hydrogen-bond donors (Lipinski definition) is 2. The van der Waals surface area contributed by atoms with Crippen molar-refractivity contribution in [2.75, 3.05) is 24.8 Å². The third-order valence-electron chi connectivity index (χ3n) is 3.07. The molecule has 0 saturated carbocycles. The molecule has 0 aromatic heterocycles. The molecule has 1 aromatic rings. The van der Waals surface area contributed by atoms with E-state index < -0.39 is 0 Å². The molecule has 1 aromatic carbocycles. The first-order chi connectivity index (χ1) is 8.31. The van der Waals surface area contributed by atoms with Gasteiger partial charge in [-0.1, -0.05) is 31.5 Å². The number of para-hydroxylation sites is 1. The van der Waals surface area contributed by atoms with Crippen molar-refractivity contribution in [2.45, 2.75) is 19.8 Å². The van der Waals surface area contributed by atoms with Crippen LogP contribution in [-0.4, -0.2) is 25.0 Å². The second kappa shape index (κ2) is 5.98. The lowest BCUT2D eigenvalue weighted by molar-refractivity contribution is -0.903. The normalized spacial score (nSPS) is 20.2. The van der Waals surface area contributed by atoms with Crippen LogP contribution in [0.15, 0.2) is 30.3 Å². The summed E-state index contributed by atoms with van der Waals surface area (Å²) in [5, 5.41) is 4.15. The van der Waals surface area contributed by atoms with Crippen LogP contribution >= 0.6 is 12.2 Å². The lowest BCUT2D eigenvalue weighted by atomic mass is 10.3. The fourth-order valence-corrected chi connectivity index (χ4v) is 2.30. The quantitative estimate of drug-likeness (QED) is 0.777. The Balaban J connectivity index is 2.02. The van der Waals surface area contributed by atoms with Crippen LogP contribution in [0.5, 0.6) is 0 Å². The number of hydrogen-bond acceptors (Lipinski definition) is 1. The standard InChI is InChI=1S/C13H19N3S/c1-2-3-9-15-10-14-13(17)16(11-15)12-7-5-4-6-8-12/h4-8H,2-3,9-11H2,1H3,(H,14,17)/p+1. The number of rotatable bonds is 4. The van der Waals surface area contributed by atoms with Crippen molar-refractivity contribution in [1.29, 1.82) is 0 Å². The number of quaternary nitrogens is 1. The molecule has 4 heteroatoms. The Bertz CT molecular complexity index is 366. The average Bonchev–Trinajstić information content (AvgIpc) is 2.39. The zero-order valence-electron chi connectivity index (χ0n) is 10.3. The smallest absolute Gasteiger partial charge is 0.182 e. The van der Waals surface area contributed by atoms with Crippen molar-refractivity contribution in [3.63, 3.8) is 0 Å². The van der Waals surface area contributed by atoms with E-state index in [1.807, 2.05) is 6.07 Å². The Morgan fingerprint density at radius 1 is 1.35 bits per heavy atom. The topological polar surface area (TPSA) is 19.7 Å². The summed E-state index contributed by atoms with van der Waals surface area (Å²) >= 11 is 5.38. The number of thiocarbonyl (C=S) groups is 1. The van der Waals surface area contributed by atoms with E-state index in [1.165, 1.54) is 25.1 Å². The van der Waals surface area contributed by atoms with Crippen LogP contribution in [0.1, 0.15) is 19.8 Å². The molecule has 1 unspecified atom stereocenters. The zero-order valence-corrected chi connectivity index (χ0v) is 11.1. The van der Waals surface area contributed by atoms with Crippen LogP contribution < -0.4 is 15.1 Å². The number of nitrogens with one attached hydrogen (secondary N) is 2. The van der Waals surface area contributed by atoms with E-state index in [2.05, 4.69) is 41.4 Å². The van der Waals surface area contributed by atoms with E-state index >= 15 is 0 Å². The highest BCUT2D eigenvalue weighted by Crippen LogP contribution is 2.12. The van der Waals surface area contributed by atoms with Gasteiger partial charge in [-0.25, -0.2) is 0 Å². The molecule has 2 N–H and O–H groups in total. The van der Waals surface area contributed by atoms with Gasteiger partial charge in [0.25, 0.3) is 0 Å². The van der Waals surface area contributed by atoms with Crippen LogP contribution in [-0.2, 0) is 0 Å². The van der Waals surface area contributed by atoms with Gasteiger partial charge in [0, 0.05) is 5.69 Å². The molecular formula is C13H20N3S+.